The van der Waals surface area contributed by atoms with Crippen LogP contribution in [0.4, 0.5) is 0 Å². The Morgan fingerprint density at radius 2 is 0.855 bits per heavy atom. The second-order valence-electron chi connectivity index (χ2n) is 26.5. The number of aromatic nitrogens is 6. The molecule has 0 aliphatic carbocycles. The van der Waals surface area contributed by atoms with Crippen molar-refractivity contribution in [2.24, 2.45) is 0 Å². The van der Waals surface area contributed by atoms with Gasteiger partial charge in [-0.05, 0) is 167 Å². The lowest BCUT2D eigenvalue weighted by molar-refractivity contribution is 0.00578. The SMILES string of the molecule is CC(C)(C)[Si](C)(C)OCc1cccc(-n2ncc3ccc(Br)cc32)n1.CC1(C)OB(B2OC(C)(C)C(C)(C)O2)OC1(C)C.CC1(C)OB(c2ccc3cnn(-c4cccc(CO[Si](C)(C)C(C)(C)C)n4)c3c2)OC1(C)C. The first-order valence-electron chi connectivity index (χ1n) is 26.6. The first-order chi connectivity index (χ1) is 34.8. The summed E-state index contributed by atoms with van der Waals surface area (Å²) in [5, 5.41) is 11.6. The number of rotatable bonds is 10. The van der Waals surface area contributed by atoms with Crippen LogP contribution in [0.3, 0.4) is 0 Å². The monoisotopic (exact) mass is 1140 g/mol. The Labute approximate surface area is 465 Å². The van der Waals surface area contributed by atoms with Gasteiger partial charge in [0.25, 0.3) is 0 Å². The fraction of sp³-hybridized carbons (Fsp3) is 0.571. The molecule has 0 unspecified atom stereocenters. The van der Waals surface area contributed by atoms with Gasteiger partial charge in [0.15, 0.2) is 28.3 Å². The summed E-state index contributed by atoms with van der Waals surface area (Å²) in [5.41, 5.74) is 2.61. The summed E-state index contributed by atoms with van der Waals surface area (Å²) in [5.74, 6) is 1.58. The van der Waals surface area contributed by atoms with Crippen LogP contribution in [0.2, 0.25) is 36.3 Å². The van der Waals surface area contributed by atoms with Crippen molar-refractivity contribution >= 4 is 81.0 Å². The predicted molar refractivity (Wildman–Crippen MR) is 317 cm³/mol. The maximum Gasteiger partial charge on any atom is 0.494 e. The molecule has 9 rings (SSSR count). The molecular formula is C56H84B3BrN6O8Si2. The normalized spacial score (nSPS) is 19.7. The lowest BCUT2D eigenvalue weighted by Crippen LogP contribution is -2.41. The van der Waals surface area contributed by atoms with E-state index in [9.17, 15) is 0 Å². The molecule has 76 heavy (non-hydrogen) atoms. The standard InChI is InChI=1S/C25H36BN3O3Si.C19H24BrN3OSi.C12H24B2O4/c1-23(2,3)33(8,9)30-17-20-11-10-12-22(28-20)29-21-15-19(14-13-18(21)16-27-29)26-31-24(4,5)25(6,7)32-26;1-19(2,3)25(4,5)24-13-16-7-6-8-18(22-16)23-17-11-15(20)10-9-14(17)12-21-23;1-9(2)10(3,4)16-13(15-9)14-17-11(5,6)12(7,8)18-14/h10-16H,17H2,1-9H3;6-12H,13H2,1-5H3;1-8H3. The minimum Gasteiger partial charge on any atom is -0.411 e. The molecule has 0 spiro atoms. The Morgan fingerprint density at radius 1 is 0.500 bits per heavy atom. The number of fused-ring (bicyclic) bond motifs is 2. The van der Waals surface area contributed by atoms with Crippen LogP contribution in [0, 0.1) is 0 Å². The molecule has 2 aromatic carbocycles. The topological polar surface area (TPSA) is 135 Å². The number of pyridine rings is 2. The zero-order valence-electron chi connectivity index (χ0n) is 49.6. The number of hydrogen-bond donors (Lipinski definition) is 0. The first-order valence-corrected chi connectivity index (χ1v) is 33.2. The molecule has 0 radical (unpaired) electrons. The first kappa shape index (κ1) is 60.1. The van der Waals surface area contributed by atoms with E-state index >= 15 is 0 Å². The van der Waals surface area contributed by atoms with E-state index in [1.54, 1.807) is 0 Å². The van der Waals surface area contributed by atoms with Crippen LogP contribution in [-0.2, 0) is 50.0 Å². The van der Waals surface area contributed by atoms with Gasteiger partial charge in [0.2, 0.25) is 0 Å². The van der Waals surface area contributed by atoms with Gasteiger partial charge in [-0.3, -0.25) is 0 Å². The van der Waals surface area contributed by atoms with Crippen LogP contribution in [0.5, 0.6) is 0 Å². The van der Waals surface area contributed by atoms with Crippen molar-refractivity contribution in [3.05, 3.63) is 101 Å². The highest BCUT2D eigenvalue weighted by molar-refractivity contribution is 9.10. The summed E-state index contributed by atoms with van der Waals surface area (Å²) in [6.07, 6.45) is 3.73. The summed E-state index contributed by atoms with van der Waals surface area (Å²) in [7, 11) is -5.01. The third-order valence-corrected chi connectivity index (χ3v) is 26.7. The van der Waals surface area contributed by atoms with E-state index in [0.717, 1.165) is 54.8 Å². The van der Waals surface area contributed by atoms with Crippen LogP contribution in [0.1, 0.15) is 136 Å². The number of halogens is 1. The summed E-state index contributed by atoms with van der Waals surface area (Å²) in [6.45, 7) is 48.0. The van der Waals surface area contributed by atoms with E-state index in [0.29, 0.717) is 13.2 Å². The Balaban J connectivity index is 0.000000174. The van der Waals surface area contributed by atoms with E-state index in [1.807, 2.05) is 132 Å². The summed E-state index contributed by atoms with van der Waals surface area (Å²) < 4.78 is 53.8. The zero-order chi connectivity index (χ0) is 56.5. The molecule has 0 bridgehead atoms. The summed E-state index contributed by atoms with van der Waals surface area (Å²) in [6, 6.07) is 24.3. The quantitative estimate of drug-likeness (QED) is 0.121. The van der Waals surface area contributed by atoms with E-state index in [4.69, 9.17) is 46.7 Å². The fourth-order valence-electron chi connectivity index (χ4n) is 7.79. The predicted octanol–water partition coefficient (Wildman–Crippen LogP) is 13.2. The Morgan fingerprint density at radius 3 is 1.24 bits per heavy atom. The van der Waals surface area contributed by atoms with Crippen molar-refractivity contribution < 1.29 is 36.8 Å². The minimum atomic E-state index is -1.85. The van der Waals surface area contributed by atoms with Crippen molar-refractivity contribution in [1.29, 1.82) is 0 Å². The zero-order valence-corrected chi connectivity index (χ0v) is 53.1. The van der Waals surface area contributed by atoms with Gasteiger partial charge in [-0.15, -0.1) is 0 Å². The van der Waals surface area contributed by atoms with Crippen LogP contribution in [0.15, 0.2) is 89.7 Å². The Kier molecular flexibility index (Phi) is 16.7. The van der Waals surface area contributed by atoms with Crippen LogP contribution < -0.4 is 5.46 Å². The number of benzene rings is 2. The lowest BCUT2D eigenvalue weighted by Gasteiger charge is -2.36. The highest BCUT2D eigenvalue weighted by Gasteiger charge is 2.64. The Hall–Kier alpha value is -3.53. The summed E-state index contributed by atoms with van der Waals surface area (Å²) in [4.78, 5) is 9.62. The average Bonchev–Trinajstić information content (AvgIpc) is 4.07. The van der Waals surface area contributed by atoms with Crippen LogP contribution in [-0.4, -0.2) is 101 Å². The molecule has 3 fully saturated rings. The minimum absolute atomic E-state index is 0.159. The van der Waals surface area contributed by atoms with Crippen molar-refractivity contribution in [2.45, 2.75) is 208 Å². The van der Waals surface area contributed by atoms with Crippen LogP contribution in [0.25, 0.3) is 33.4 Å². The largest absolute Gasteiger partial charge is 0.494 e. The molecule has 3 aliphatic rings. The van der Waals surface area contributed by atoms with Gasteiger partial charge in [0, 0.05) is 15.2 Å². The molecule has 7 heterocycles. The molecule has 3 saturated heterocycles. The Bertz CT molecular complexity index is 2940. The maximum absolute atomic E-state index is 6.38. The van der Waals surface area contributed by atoms with Crippen molar-refractivity contribution in [3.63, 3.8) is 0 Å². The maximum atomic E-state index is 6.38. The second-order valence-corrected chi connectivity index (χ2v) is 37.1. The molecule has 0 amide bonds. The third-order valence-electron chi connectivity index (χ3n) is 17.2. The highest BCUT2D eigenvalue weighted by atomic mass is 79.9. The lowest BCUT2D eigenvalue weighted by atomic mass is 9.49. The van der Waals surface area contributed by atoms with Gasteiger partial charge in [-0.1, -0.05) is 87.8 Å². The molecule has 0 saturated carbocycles. The van der Waals surface area contributed by atoms with E-state index in [-0.39, 0.29) is 43.7 Å². The van der Waals surface area contributed by atoms with E-state index in [1.165, 1.54) is 0 Å². The second kappa shape index (κ2) is 21.2. The molecule has 0 atom stereocenters. The van der Waals surface area contributed by atoms with Crippen molar-refractivity contribution in [2.75, 3.05) is 0 Å². The molecule has 4 aromatic heterocycles. The summed E-state index contributed by atoms with van der Waals surface area (Å²) >= 11 is 3.53. The van der Waals surface area contributed by atoms with Gasteiger partial charge in [0.05, 0.1) is 81.6 Å². The molecule has 0 N–H and O–H groups in total. The molecule has 410 valence electrons. The van der Waals surface area contributed by atoms with Gasteiger partial charge in [-0.25, -0.2) is 19.3 Å². The average molecular weight is 1140 g/mol. The fourth-order valence-corrected chi connectivity index (χ4v) is 10.0. The van der Waals surface area contributed by atoms with E-state index in [2.05, 4.69) is 140 Å². The number of nitrogens with zero attached hydrogens (tertiary/aromatic N) is 6. The molecular weight excluding hydrogens is 1050 g/mol. The van der Waals surface area contributed by atoms with E-state index < -0.39 is 37.8 Å². The van der Waals surface area contributed by atoms with Crippen molar-refractivity contribution in [3.8, 4) is 11.6 Å². The molecule has 3 aliphatic heterocycles. The van der Waals surface area contributed by atoms with Gasteiger partial charge in [0.1, 0.15) is 0 Å². The van der Waals surface area contributed by atoms with Crippen molar-refractivity contribution in [1.82, 2.24) is 29.5 Å². The molecule has 14 nitrogen and oxygen atoms in total. The number of hydrogen-bond acceptors (Lipinski definition) is 12. The third kappa shape index (κ3) is 12.7. The molecule has 20 heteroatoms. The molecule has 6 aromatic rings. The van der Waals surface area contributed by atoms with Gasteiger partial charge >= 0.3 is 21.1 Å². The smallest absolute Gasteiger partial charge is 0.411 e. The van der Waals surface area contributed by atoms with Crippen LogP contribution >= 0.6 is 15.9 Å². The van der Waals surface area contributed by atoms with Gasteiger partial charge in [-0.2, -0.15) is 10.2 Å². The highest BCUT2D eigenvalue weighted by Crippen LogP contribution is 2.44. The van der Waals surface area contributed by atoms with Gasteiger partial charge < -0.3 is 36.8 Å².